The average molecular weight is 573 g/mol. The number of halogens is 2. The maximum Gasteiger partial charge on any atom is 0.323 e. The van der Waals surface area contributed by atoms with Gasteiger partial charge in [-0.1, -0.05) is 34.4 Å². The van der Waals surface area contributed by atoms with Gasteiger partial charge in [0.2, 0.25) is 16.4 Å². The Labute approximate surface area is 223 Å². The van der Waals surface area contributed by atoms with E-state index in [-0.39, 0.29) is 15.9 Å². The molecule has 4 rings (SSSR count). The smallest absolute Gasteiger partial charge is 0.323 e. The van der Waals surface area contributed by atoms with Gasteiger partial charge in [0.1, 0.15) is 16.5 Å². The van der Waals surface area contributed by atoms with Crippen molar-refractivity contribution in [3.05, 3.63) is 40.6 Å². The van der Waals surface area contributed by atoms with Crippen LogP contribution in [0.2, 0.25) is 10.0 Å². The molecule has 0 radical (unpaired) electrons. The third-order valence-electron chi connectivity index (χ3n) is 6.52. The number of hydrogen-bond donors (Lipinski definition) is 4. The molecule has 1 amide bonds. The molecule has 2 aromatic rings. The van der Waals surface area contributed by atoms with E-state index >= 15 is 0 Å². The summed E-state index contributed by atoms with van der Waals surface area (Å²) in [5.74, 6) is -0.126. The minimum Gasteiger partial charge on any atom is -0.480 e. The van der Waals surface area contributed by atoms with Gasteiger partial charge in [-0.05, 0) is 43.7 Å². The van der Waals surface area contributed by atoms with E-state index in [0.29, 0.717) is 37.5 Å². The van der Waals surface area contributed by atoms with Gasteiger partial charge in [-0.2, -0.15) is 4.72 Å². The van der Waals surface area contributed by atoms with Crippen molar-refractivity contribution in [3.63, 3.8) is 0 Å². The minimum atomic E-state index is -4.42. The summed E-state index contributed by atoms with van der Waals surface area (Å²) in [6.45, 7) is 0.252. The van der Waals surface area contributed by atoms with Crippen LogP contribution in [-0.2, 0) is 24.4 Å². The Kier molecular flexibility index (Phi) is 8.26. The molecule has 0 saturated heterocycles. The number of carboxylic acid groups (broad SMARTS) is 1. The van der Waals surface area contributed by atoms with Gasteiger partial charge in [0.25, 0.3) is 0 Å². The molecule has 0 unspecified atom stereocenters. The van der Waals surface area contributed by atoms with Crippen molar-refractivity contribution in [2.24, 2.45) is 11.1 Å². The molecular weight excluding hydrogens is 547 g/mol. The Balaban J connectivity index is 1.36. The highest BCUT2D eigenvalue weighted by molar-refractivity contribution is 7.89. The van der Waals surface area contributed by atoms with Crippen molar-refractivity contribution in [2.75, 3.05) is 18.4 Å². The van der Waals surface area contributed by atoms with E-state index < -0.39 is 39.1 Å². The molecule has 12 nitrogen and oxygen atoms in total. The SMILES string of the molecule is O=CN(C[C@H](NS(=O)(=O)c1c(Cl)cccc1Cl)C(=O)O)C1=NOC2(CCC(CNc3ncc[nH]3)CC2)C1. The molecule has 0 bridgehead atoms. The van der Waals surface area contributed by atoms with Gasteiger partial charge in [-0.3, -0.25) is 14.5 Å². The van der Waals surface area contributed by atoms with E-state index in [0.717, 1.165) is 24.3 Å². The van der Waals surface area contributed by atoms with Crippen LogP contribution in [0.1, 0.15) is 32.1 Å². The zero-order valence-electron chi connectivity index (χ0n) is 19.6. The number of carbonyl (C=O) groups excluding carboxylic acids is 1. The summed E-state index contributed by atoms with van der Waals surface area (Å²) in [5, 5.41) is 16.7. The van der Waals surface area contributed by atoms with E-state index in [2.05, 4.69) is 25.2 Å². The second-order valence-electron chi connectivity index (χ2n) is 9.04. The van der Waals surface area contributed by atoms with Gasteiger partial charge < -0.3 is 20.2 Å². The van der Waals surface area contributed by atoms with Crippen molar-refractivity contribution >= 4 is 57.4 Å². The molecule has 37 heavy (non-hydrogen) atoms. The number of carbonyl (C=O) groups is 2. The lowest BCUT2D eigenvalue weighted by molar-refractivity contribution is -0.139. The van der Waals surface area contributed by atoms with Crippen LogP contribution in [0.15, 0.2) is 40.6 Å². The highest BCUT2D eigenvalue weighted by atomic mass is 35.5. The quantitative estimate of drug-likeness (QED) is 0.315. The zero-order valence-corrected chi connectivity index (χ0v) is 21.9. The number of aromatic nitrogens is 2. The normalized spacial score (nSPS) is 22.2. The van der Waals surface area contributed by atoms with Crippen LogP contribution in [0.3, 0.4) is 0 Å². The molecule has 1 saturated carbocycles. The molecule has 200 valence electrons. The van der Waals surface area contributed by atoms with Crippen molar-refractivity contribution in [1.82, 2.24) is 19.6 Å². The fourth-order valence-corrected chi connectivity index (χ4v) is 6.82. The molecule has 1 spiro atoms. The topological polar surface area (TPSA) is 166 Å². The van der Waals surface area contributed by atoms with Crippen molar-refractivity contribution in [3.8, 4) is 0 Å². The van der Waals surface area contributed by atoms with Crippen molar-refractivity contribution < 1.29 is 28.0 Å². The molecule has 1 atom stereocenters. The van der Waals surface area contributed by atoms with E-state index in [1.54, 1.807) is 12.4 Å². The van der Waals surface area contributed by atoms with Crippen molar-refractivity contribution in [1.29, 1.82) is 0 Å². The number of amidine groups is 1. The first-order valence-electron chi connectivity index (χ1n) is 11.5. The monoisotopic (exact) mass is 572 g/mol. The Morgan fingerprint density at radius 2 is 2.03 bits per heavy atom. The minimum absolute atomic E-state index is 0.165. The van der Waals surface area contributed by atoms with Crippen LogP contribution in [-0.4, -0.2) is 71.3 Å². The number of amides is 1. The van der Waals surface area contributed by atoms with Gasteiger partial charge in [-0.25, -0.2) is 13.4 Å². The summed E-state index contributed by atoms with van der Waals surface area (Å²) in [5.41, 5.74) is -0.582. The van der Waals surface area contributed by atoms with Crippen LogP contribution in [0.5, 0.6) is 0 Å². The van der Waals surface area contributed by atoms with Crippen LogP contribution in [0.25, 0.3) is 0 Å². The summed E-state index contributed by atoms with van der Waals surface area (Å²) in [4.78, 5) is 37.3. The largest absolute Gasteiger partial charge is 0.480 e. The number of nitrogens with zero attached hydrogens (tertiary/aromatic N) is 3. The molecule has 2 aliphatic rings. The number of benzene rings is 1. The van der Waals surface area contributed by atoms with E-state index in [4.69, 9.17) is 28.0 Å². The number of H-pyrrole nitrogens is 1. The highest BCUT2D eigenvalue weighted by Crippen LogP contribution is 2.41. The van der Waals surface area contributed by atoms with Gasteiger partial charge in [0.05, 0.1) is 23.0 Å². The Morgan fingerprint density at radius 1 is 1.32 bits per heavy atom. The predicted octanol–water partition coefficient (Wildman–Crippen LogP) is 2.68. The van der Waals surface area contributed by atoms with Gasteiger partial charge >= 0.3 is 5.97 Å². The number of imidazole rings is 1. The number of aliphatic carboxylic acids is 1. The second kappa shape index (κ2) is 11.3. The number of carboxylic acids is 1. The predicted molar refractivity (Wildman–Crippen MR) is 136 cm³/mol. The average Bonchev–Trinajstić information content (AvgIpc) is 3.52. The summed E-state index contributed by atoms with van der Waals surface area (Å²) >= 11 is 12.0. The Morgan fingerprint density at radius 3 is 2.62 bits per heavy atom. The molecule has 1 fully saturated rings. The van der Waals surface area contributed by atoms with Gasteiger partial charge in [0.15, 0.2) is 11.8 Å². The summed E-state index contributed by atoms with van der Waals surface area (Å²) in [7, 11) is -4.42. The lowest BCUT2D eigenvalue weighted by atomic mass is 9.77. The van der Waals surface area contributed by atoms with Crippen LogP contribution in [0, 0.1) is 5.92 Å². The fraction of sp³-hybridized carbons (Fsp3) is 0.455. The van der Waals surface area contributed by atoms with E-state index in [1.807, 2.05) is 0 Å². The molecule has 1 aromatic heterocycles. The first-order valence-corrected chi connectivity index (χ1v) is 13.8. The first kappa shape index (κ1) is 27.2. The molecule has 1 aliphatic heterocycles. The van der Waals surface area contributed by atoms with E-state index in [1.165, 1.54) is 18.2 Å². The Hall–Kier alpha value is -2.87. The lowest BCUT2D eigenvalue weighted by Gasteiger charge is -2.35. The van der Waals surface area contributed by atoms with Crippen LogP contribution >= 0.6 is 23.2 Å². The first-order chi connectivity index (χ1) is 17.6. The van der Waals surface area contributed by atoms with Gasteiger partial charge in [-0.15, -0.1) is 0 Å². The number of rotatable bonds is 10. The highest BCUT2D eigenvalue weighted by Gasteiger charge is 2.44. The van der Waals surface area contributed by atoms with Gasteiger partial charge in [0, 0.05) is 18.9 Å². The van der Waals surface area contributed by atoms with Crippen molar-refractivity contribution in [2.45, 2.75) is 48.6 Å². The number of oxime groups is 1. The lowest BCUT2D eigenvalue weighted by Crippen LogP contribution is -2.50. The maximum absolute atomic E-state index is 12.9. The number of anilines is 1. The number of sulfonamides is 1. The Bertz CT molecular complexity index is 1240. The van der Waals surface area contributed by atoms with Crippen LogP contribution in [0.4, 0.5) is 5.95 Å². The standard InChI is InChI=1S/C22H26Cl2N6O6S/c23-15-2-1-3-16(24)19(15)37(34,35)29-17(20(32)33)12-30(13-31)18-10-22(36-28-18)6-4-14(5-7-22)11-27-21-25-8-9-26-21/h1-3,8-9,13-14,17,29H,4-7,10-12H2,(H,32,33)(H2,25,26,27)/t14?,17-,22?/m0/s1. The molecule has 1 aromatic carbocycles. The molecular formula is C22H26Cl2N6O6S. The molecule has 2 heterocycles. The summed E-state index contributed by atoms with van der Waals surface area (Å²) in [6.07, 6.45) is 7.28. The third kappa shape index (κ3) is 6.35. The fourth-order valence-electron chi connectivity index (χ4n) is 4.49. The number of aromatic amines is 1. The third-order valence-corrected chi connectivity index (χ3v) is 8.95. The summed E-state index contributed by atoms with van der Waals surface area (Å²) < 4.78 is 27.8. The molecule has 1 aliphatic carbocycles. The molecule has 15 heteroatoms. The maximum atomic E-state index is 12.9. The van der Waals surface area contributed by atoms with Crippen LogP contribution < -0.4 is 10.0 Å². The molecule has 4 N–H and O–H groups in total. The number of hydrogen-bond acceptors (Lipinski definition) is 8. The second-order valence-corrected chi connectivity index (χ2v) is 11.5. The van der Waals surface area contributed by atoms with E-state index in [9.17, 15) is 23.1 Å². The summed E-state index contributed by atoms with van der Waals surface area (Å²) in [6, 6.07) is 2.41. The number of nitrogens with one attached hydrogen (secondary N) is 3. The zero-order chi connectivity index (χ0) is 26.6.